The summed E-state index contributed by atoms with van der Waals surface area (Å²) in [6.45, 7) is 5.42. The Kier molecular flexibility index (Phi) is 3.98. The molecule has 3 N–H and O–H groups in total. The molecular formula is C11H18N6O2. The Balaban J connectivity index is 2.31. The van der Waals surface area contributed by atoms with Crippen LogP contribution in [0.25, 0.3) is 0 Å². The summed E-state index contributed by atoms with van der Waals surface area (Å²) in [5, 5.41) is 2.82. The third-order valence-electron chi connectivity index (χ3n) is 2.87. The second-order valence-electron chi connectivity index (χ2n) is 4.12. The zero-order chi connectivity index (χ0) is 13.8. The van der Waals surface area contributed by atoms with Crippen LogP contribution >= 0.6 is 0 Å². The number of nitrogens with two attached hydrogens (primary N) is 1. The highest BCUT2D eigenvalue weighted by Crippen LogP contribution is 2.19. The van der Waals surface area contributed by atoms with Gasteiger partial charge in [0.25, 0.3) is 0 Å². The highest BCUT2D eigenvalue weighted by molar-refractivity contribution is 5.85. The molecule has 1 aliphatic rings. The minimum Gasteiger partial charge on any atom is -0.464 e. The van der Waals surface area contributed by atoms with Crippen molar-refractivity contribution in [3.05, 3.63) is 0 Å². The Morgan fingerprint density at radius 1 is 1.42 bits per heavy atom. The highest BCUT2D eigenvalue weighted by atomic mass is 16.5. The molecule has 1 unspecified atom stereocenters. The molecule has 104 valence electrons. The largest absolute Gasteiger partial charge is 0.464 e. The van der Waals surface area contributed by atoms with E-state index < -0.39 is 0 Å². The van der Waals surface area contributed by atoms with Gasteiger partial charge in [0, 0.05) is 13.1 Å². The lowest BCUT2D eigenvalue weighted by atomic mass is 10.1. The third kappa shape index (κ3) is 2.83. The summed E-state index contributed by atoms with van der Waals surface area (Å²) in [4.78, 5) is 25.8. The number of carbonyl (C=O) groups excluding carboxylic acids is 1. The first-order valence-corrected chi connectivity index (χ1v) is 6.34. The summed E-state index contributed by atoms with van der Waals surface area (Å²) in [6.07, 6.45) is 0.668. The van der Waals surface area contributed by atoms with Gasteiger partial charge in [0.2, 0.25) is 17.8 Å². The topological polar surface area (TPSA) is 106 Å². The number of nitrogen functional groups attached to an aromatic ring is 1. The summed E-state index contributed by atoms with van der Waals surface area (Å²) in [5.41, 5.74) is 5.65. The predicted molar refractivity (Wildman–Crippen MR) is 69.8 cm³/mol. The normalized spacial score (nSPS) is 19.2. The van der Waals surface area contributed by atoms with Crippen LogP contribution in [-0.2, 0) is 4.79 Å². The van der Waals surface area contributed by atoms with E-state index in [-0.39, 0.29) is 23.9 Å². The van der Waals surface area contributed by atoms with Crippen molar-refractivity contribution in [3.8, 4) is 6.01 Å². The number of anilines is 2. The fraction of sp³-hybridized carbons (Fsp3) is 0.636. The lowest BCUT2D eigenvalue weighted by molar-refractivity contribution is -0.123. The number of piperazine rings is 1. The number of hydrogen-bond donors (Lipinski definition) is 2. The van der Waals surface area contributed by atoms with Crippen molar-refractivity contribution >= 4 is 17.8 Å². The molecule has 0 saturated carbocycles. The SMILES string of the molecule is CCOc1nc(N)nc(N2CCNC(=O)C2CC)n1. The van der Waals surface area contributed by atoms with Gasteiger partial charge < -0.3 is 20.7 Å². The lowest BCUT2D eigenvalue weighted by Gasteiger charge is -2.34. The Morgan fingerprint density at radius 3 is 2.89 bits per heavy atom. The van der Waals surface area contributed by atoms with Gasteiger partial charge in [0.15, 0.2) is 0 Å². The molecular weight excluding hydrogens is 248 g/mol. The van der Waals surface area contributed by atoms with Crippen molar-refractivity contribution in [1.82, 2.24) is 20.3 Å². The molecule has 1 fully saturated rings. The molecule has 8 nitrogen and oxygen atoms in total. The van der Waals surface area contributed by atoms with Gasteiger partial charge in [0.1, 0.15) is 6.04 Å². The lowest BCUT2D eigenvalue weighted by Crippen LogP contribution is -2.55. The molecule has 1 aliphatic heterocycles. The number of amides is 1. The molecule has 0 bridgehead atoms. The third-order valence-corrected chi connectivity index (χ3v) is 2.87. The zero-order valence-corrected chi connectivity index (χ0v) is 11.1. The fourth-order valence-corrected chi connectivity index (χ4v) is 2.04. The molecule has 1 aromatic rings. The van der Waals surface area contributed by atoms with E-state index in [1.807, 2.05) is 18.7 Å². The Hall–Kier alpha value is -2.12. The molecule has 1 atom stereocenters. The zero-order valence-electron chi connectivity index (χ0n) is 11.1. The number of ether oxygens (including phenoxy) is 1. The van der Waals surface area contributed by atoms with Crippen LogP contribution in [0.1, 0.15) is 20.3 Å². The van der Waals surface area contributed by atoms with E-state index in [0.717, 1.165) is 0 Å². The van der Waals surface area contributed by atoms with Gasteiger partial charge in [-0.25, -0.2) is 0 Å². The molecule has 2 rings (SSSR count). The minimum atomic E-state index is -0.287. The van der Waals surface area contributed by atoms with E-state index in [9.17, 15) is 4.79 Å². The molecule has 0 spiro atoms. The van der Waals surface area contributed by atoms with Gasteiger partial charge in [-0.3, -0.25) is 4.79 Å². The van der Waals surface area contributed by atoms with Crippen LogP contribution in [0.5, 0.6) is 6.01 Å². The first-order valence-electron chi connectivity index (χ1n) is 6.34. The summed E-state index contributed by atoms with van der Waals surface area (Å²) >= 11 is 0. The van der Waals surface area contributed by atoms with Crippen molar-refractivity contribution in [2.45, 2.75) is 26.3 Å². The van der Waals surface area contributed by atoms with Gasteiger partial charge in [-0.1, -0.05) is 6.92 Å². The van der Waals surface area contributed by atoms with E-state index in [1.165, 1.54) is 0 Å². The number of carbonyl (C=O) groups is 1. The van der Waals surface area contributed by atoms with Gasteiger partial charge >= 0.3 is 6.01 Å². The van der Waals surface area contributed by atoms with Crippen LogP contribution in [0.2, 0.25) is 0 Å². The first-order chi connectivity index (χ1) is 9.15. The second kappa shape index (κ2) is 5.68. The molecule has 0 aliphatic carbocycles. The number of rotatable bonds is 4. The summed E-state index contributed by atoms with van der Waals surface area (Å²) < 4.78 is 5.24. The number of nitrogens with zero attached hydrogens (tertiary/aromatic N) is 4. The monoisotopic (exact) mass is 266 g/mol. The molecule has 1 amide bonds. The van der Waals surface area contributed by atoms with Crippen LogP contribution in [0.3, 0.4) is 0 Å². The van der Waals surface area contributed by atoms with Gasteiger partial charge in [-0.05, 0) is 13.3 Å². The Labute approximate surface area is 111 Å². The molecule has 19 heavy (non-hydrogen) atoms. The van der Waals surface area contributed by atoms with Crippen molar-refractivity contribution in [2.75, 3.05) is 30.3 Å². The number of aromatic nitrogens is 3. The van der Waals surface area contributed by atoms with Gasteiger partial charge in [-0.15, -0.1) is 0 Å². The summed E-state index contributed by atoms with van der Waals surface area (Å²) in [6, 6.07) is -0.101. The molecule has 0 radical (unpaired) electrons. The quantitative estimate of drug-likeness (QED) is 0.761. The van der Waals surface area contributed by atoms with Crippen LogP contribution in [0.4, 0.5) is 11.9 Å². The van der Waals surface area contributed by atoms with Crippen molar-refractivity contribution in [1.29, 1.82) is 0 Å². The average molecular weight is 266 g/mol. The molecule has 2 heterocycles. The molecule has 0 aromatic carbocycles. The maximum Gasteiger partial charge on any atom is 0.323 e. The van der Waals surface area contributed by atoms with Crippen molar-refractivity contribution < 1.29 is 9.53 Å². The molecule has 1 saturated heterocycles. The van der Waals surface area contributed by atoms with E-state index in [4.69, 9.17) is 10.5 Å². The van der Waals surface area contributed by atoms with Crippen LogP contribution in [0.15, 0.2) is 0 Å². The second-order valence-corrected chi connectivity index (χ2v) is 4.12. The molecule has 1 aromatic heterocycles. The summed E-state index contributed by atoms with van der Waals surface area (Å²) in [7, 11) is 0. The summed E-state index contributed by atoms with van der Waals surface area (Å²) in [5.74, 6) is 0.456. The smallest absolute Gasteiger partial charge is 0.323 e. The maximum absolute atomic E-state index is 11.8. The Bertz CT molecular complexity index is 466. The van der Waals surface area contributed by atoms with E-state index in [1.54, 1.807) is 0 Å². The number of hydrogen-bond acceptors (Lipinski definition) is 7. The number of nitrogens with one attached hydrogen (secondary N) is 1. The predicted octanol–water partition coefficient (Wildman–Crippen LogP) is -0.433. The van der Waals surface area contributed by atoms with Crippen molar-refractivity contribution in [3.63, 3.8) is 0 Å². The van der Waals surface area contributed by atoms with E-state index >= 15 is 0 Å². The highest BCUT2D eigenvalue weighted by Gasteiger charge is 2.30. The van der Waals surface area contributed by atoms with E-state index in [0.29, 0.717) is 32.1 Å². The fourth-order valence-electron chi connectivity index (χ4n) is 2.04. The standard InChI is InChI=1S/C11H18N6O2/c1-3-7-8(18)13-5-6-17(7)10-14-9(12)15-11(16-10)19-4-2/h7H,3-6H2,1-2H3,(H,13,18)(H2,12,14,15,16). The van der Waals surface area contributed by atoms with Gasteiger partial charge in [-0.2, -0.15) is 15.0 Å². The van der Waals surface area contributed by atoms with Crippen LogP contribution in [-0.4, -0.2) is 46.6 Å². The van der Waals surface area contributed by atoms with Crippen LogP contribution < -0.4 is 20.7 Å². The van der Waals surface area contributed by atoms with Crippen molar-refractivity contribution in [2.24, 2.45) is 0 Å². The first kappa shape index (κ1) is 13.3. The average Bonchev–Trinajstić information content (AvgIpc) is 2.38. The Morgan fingerprint density at radius 2 is 2.21 bits per heavy atom. The van der Waals surface area contributed by atoms with Gasteiger partial charge in [0.05, 0.1) is 6.61 Å². The van der Waals surface area contributed by atoms with E-state index in [2.05, 4.69) is 20.3 Å². The molecule has 8 heteroatoms. The van der Waals surface area contributed by atoms with Crippen LogP contribution in [0, 0.1) is 0 Å². The minimum absolute atomic E-state index is 0.0225. The maximum atomic E-state index is 11.8.